The molecule has 0 radical (unpaired) electrons. The smallest absolute Gasteiger partial charge is 0.341 e. The van der Waals surface area contributed by atoms with Gasteiger partial charge in [0.2, 0.25) is 0 Å². The molecule has 0 fully saturated rings. The average molecular weight is 485 g/mol. The number of esters is 2. The van der Waals surface area contributed by atoms with Gasteiger partial charge in [0.15, 0.2) is 0 Å². The lowest BCUT2D eigenvalue weighted by Gasteiger charge is -2.09. The quantitative estimate of drug-likeness (QED) is 0.383. The number of hydrogen-bond acceptors (Lipinski definition) is 5. The summed E-state index contributed by atoms with van der Waals surface area (Å²) in [6.45, 7) is 5.85. The molecule has 0 bridgehead atoms. The molecule has 3 aromatic heterocycles. The number of imidazole rings is 1. The van der Waals surface area contributed by atoms with Gasteiger partial charge in [0, 0.05) is 4.47 Å². The summed E-state index contributed by atoms with van der Waals surface area (Å²) >= 11 is 3.42. The summed E-state index contributed by atoms with van der Waals surface area (Å²) in [5, 5.41) is 0. The fraction of sp³-hybridized carbons (Fsp3) is 0.261. The molecular formula is C23H21BrN2O5. The first-order chi connectivity index (χ1) is 14.9. The van der Waals surface area contributed by atoms with Gasteiger partial charge in [-0.2, -0.15) is 0 Å². The molecule has 7 nitrogen and oxygen atoms in total. The molecule has 3 heterocycles. The molecule has 0 aliphatic heterocycles. The van der Waals surface area contributed by atoms with Crippen LogP contribution in [0.5, 0.6) is 0 Å². The lowest BCUT2D eigenvalue weighted by atomic mass is 10.1. The number of carbonyl (C=O) groups is 2. The fourth-order valence-corrected chi connectivity index (χ4v) is 4.18. The SMILES string of the molecule is CCOC(=O)c1c(C(=O)OCC)c2c(=O)n(Cc3ccc(Br)cc3)c3c(C)ccc1n23. The molecule has 0 saturated carbocycles. The molecule has 0 aliphatic carbocycles. The Morgan fingerprint density at radius 3 is 2.16 bits per heavy atom. The fourth-order valence-electron chi connectivity index (χ4n) is 3.91. The second-order valence-electron chi connectivity index (χ2n) is 7.12. The van der Waals surface area contributed by atoms with Gasteiger partial charge in [-0.1, -0.05) is 34.1 Å². The topological polar surface area (TPSA) is 79.0 Å². The van der Waals surface area contributed by atoms with Gasteiger partial charge < -0.3 is 9.47 Å². The number of carbonyl (C=O) groups excluding carboxylic acids is 2. The maximum absolute atomic E-state index is 13.6. The Labute approximate surface area is 186 Å². The molecular weight excluding hydrogens is 464 g/mol. The lowest BCUT2D eigenvalue weighted by molar-refractivity contribution is 0.0483. The van der Waals surface area contributed by atoms with Crippen molar-refractivity contribution < 1.29 is 19.1 Å². The molecule has 4 rings (SSSR count). The number of ether oxygens (including phenoxy) is 2. The first kappa shape index (κ1) is 21.1. The second kappa shape index (κ2) is 8.19. The highest BCUT2D eigenvalue weighted by Gasteiger charge is 2.33. The van der Waals surface area contributed by atoms with Gasteiger partial charge in [-0.05, 0) is 50.1 Å². The monoisotopic (exact) mass is 484 g/mol. The van der Waals surface area contributed by atoms with E-state index < -0.39 is 11.9 Å². The Balaban J connectivity index is 2.05. The molecule has 1 aromatic carbocycles. The summed E-state index contributed by atoms with van der Waals surface area (Å²) in [6, 6.07) is 11.2. The van der Waals surface area contributed by atoms with Crippen molar-refractivity contribution in [2.24, 2.45) is 0 Å². The number of rotatable bonds is 6. The third-order valence-electron chi connectivity index (χ3n) is 5.18. The Hall–Kier alpha value is -3.13. The first-order valence-electron chi connectivity index (χ1n) is 9.97. The number of halogens is 1. The van der Waals surface area contributed by atoms with Crippen molar-refractivity contribution in [2.45, 2.75) is 27.3 Å². The van der Waals surface area contributed by atoms with E-state index in [0.29, 0.717) is 17.7 Å². The maximum Gasteiger partial charge on any atom is 0.341 e. The van der Waals surface area contributed by atoms with Crippen LogP contribution in [0.15, 0.2) is 45.7 Å². The molecule has 8 heteroatoms. The van der Waals surface area contributed by atoms with Crippen molar-refractivity contribution in [1.29, 1.82) is 0 Å². The standard InChI is InChI=1S/C23H21BrN2O5/c1-4-30-22(28)17-16-11-6-13(3)20-25(12-14-7-9-15(24)10-8-14)21(27)19(26(16)20)18(17)23(29)31-5-2/h6-11H,4-5,12H2,1-3H3. The van der Waals surface area contributed by atoms with E-state index in [1.807, 2.05) is 37.3 Å². The largest absolute Gasteiger partial charge is 0.462 e. The lowest BCUT2D eigenvalue weighted by Crippen LogP contribution is -2.20. The predicted molar refractivity (Wildman–Crippen MR) is 120 cm³/mol. The predicted octanol–water partition coefficient (Wildman–Crippen LogP) is 4.16. The molecule has 0 amide bonds. The van der Waals surface area contributed by atoms with E-state index in [9.17, 15) is 14.4 Å². The van der Waals surface area contributed by atoms with Crippen molar-refractivity contribution in [2.75, 3.05) is 13.2 Å². The van der Waals surface area contributed by atoms with E-state index in [0.717, 1.165) is 15.6 Å². The van der Waals surface area contributed by atoms with E-state index in [-0.39, 0.29) is 35.4 Å². The molecule has 0 saturated heterocycles. The van der Waals surface area contributed by atoms with Gasteiger partial charge in [-0.15, -0.1) is 0 Å². The highest BCUT2D eigenvalue weighted by Crippen LogP contribution is 2.30. The van der Waals surface area contributed by atoms with Crippen LogP contribution in [0.25, 0.3) is 16.7 Å². The summed E-state index contributed by atoms with van der Waals surface area (Å²) < 4.78 is 14.6. The number of nitrogens with zero attached hydrogens (tertiary/aromatic N) is 2. The Morgan fingerprint density at radius 1 is 0.935 bits per heavy atom. The van der Waals surface area contributed by atoms with Gasteiger partial charge in [0.1, 0.15) is 22.3 Å². The zero-order chi connectivity index (χ0) is 22.3. The maximum atomic E-state index is 13.6. The average Bonchev–Trinajstić information content (AvgIpc) is 3.22. The van der Waals surface area contributed by atoms with Gasteiger partial charge in [0.25, 0.3) is 5.56 Å². The Bertz CT molecular complexity index is 1350. The van der Waals surface area contributed by atoms with Crippen molar-refractivity contribution in [3.63, 3.8) is 0 Å². The van der Waals surface area contributed by atoms with Crippen LogP contribution < -0.4 is 5.56 Å². The first-order valence-corrected chi connectivity index (χ1v) is 10.8. The van der Waals surface area contributed by atoms with Crippen LogP contribution in [0.2, 0.25) is 0 Å². The van der Waals surface area contributed by atoms with Gasteiger partial charge in [-0.3, -0.25) is 13.8 Å². The number of pyridine rings is 1. The summed E-state index contributed by atoms with van der Waals surface area (Å²) in [4.78, 5) is 39.2. The molecule has 160 valence electrons. The van der Waals surface area contributed by atoms with Crippen LogP contribution in [0.1, 0.15) is 45.7 Å². The van der Waals surface area contributed by atoms with Crippen LogP contribution in [-0.4, -0.2) is 34.1 Å². The molecule has 31 heavy (non-hydrogen) atoms. The minimum Gasteiger partial charge on any atom is -0.462 e. The van der Waals surface area contributed by atoms with Gasteiger partial charge in [0.05, 0.1) is 25.3 Å². The zero-order valence-corrected chi connectivity index (χ0v) is 19.0. The minimum absolute atomic E-state index is 0.0459. The molecule has 0 unspecified atom stereocenters. The van der Waals surface area contributed by atoms with Crippen LogP contribution in [-0.2, 0) is 16.0 Å². The van der Waals surface area contributed by atoms with Crippen LogP contribution >= 0.6 is 15.9 Å². The van der Waals surface area contributed by atoms with Crippen molar-refractivity contribution in [3.8, 4) is 0 Å². The zero-order valence-electron chi connectivity index (χ0n) is 17.4. The molecule has 0 aliphatic rings. The van der Waals surface area contributed by atoms with Gasteiger partial charge in [-0.25, -0.2) is 9.59 Å². The van der Waals surface area contributed by atoms with Crippen molar-refractivity contribution in [3.05, 3.63) is 73.5 Å². The third kappa shape index (κ3) is 3.40. The van der Waals surface area contributed by atoms with Gasteiger partial charge >= 0.3 is 11.9 Å². The van der Waals surface area contributed by atoms with Crippen molar-refractivity contribution >= 4 is 44.5 Å². The van der Waals surface area contributed by atoms with E-state index in [1.54, 1.807) is 28.9 Å². The molecule has 0 spiro atoms. The van der Waals surface area contributed by atoms with Crippen molar-refractivity contribution in [1.82, 2.24) is 8.97 Å². The Kier molecular flexibility index (Phi) is 5.58. The molecule has 4 aromatic rings. The summed E-state index contributed by atoms with van der Waals surface area (Å²) in [5.74, 6) is -1.37. The normalized spacial score (nSPS) is 11.4. The molecule has 0 atom stereocenters. The number of aryl methyl sites for hydroxylation is 1. The number of hydrogen-bond donors (Lipinski definition) is 0. The van der Waals surface area contributed by atoms with Crippen LogP contribution in [0.4, 0.5) is 0 Å². The minimum atomic E-state index is -0.716. The second-order valence-corrected chi connectivity index (χ2v) is 8.03. The summed E-state index contributed by atoms with van der Waals surface area (Å²) in [6.07, 6.45) is 0. The number of benzene rings is 1. The van der Waals surface area contributed by atoms with Crippen LogP contribution in [0, 0.1) is 6.92 Å². The van der Waals surface area contributed by atoms with E-state index in [2.05, 4.69) is 15.9 Å². The van der Waals surface area contributed by atoms with E-state index in [4.69, 9.17) is 9.47 Å². The number of aromatic nitrogens is 2. The van der Waals surface area contributed by atoms with E-state index in [1.165, 1.54) is 0 Å². The summed E-state index contributed by atoms with van der Waals surface area (Å²) in [5.41, 5.74) is 2.64. The summed E-state index contributed by atoms with van der Waals surface area (Å²) in [7, 11) is 0. The third-order valence-corrected chi connectivity index (χ3v) is 5.71. The van der Waals surface area contributed by atoms with E-state index >= 15 is 0 Å². The highest BCUT2D eigenvalue weighted by molar-refractivity contribution is 9.10. The van der Waals surface area contributed by atoms with Crippen LogP contribution in [0.3, 0.4) is 0 Å². The Morgan fingerprint density at radius 2 is 1.55 bits per heavy atom. The highest BCUT2D eigenvalue weighted by atomic mass is 79.9. The molecule has 0 N–H and O–H groups in total.